The second kappa shape index (κ2) is 14.1. The Balaban J connectivity index is 1.84. The summed E-state index contributed by atoms with van der Waals surface area (Å²) in [4.78, 5) is 39.8. The van der Waals surface area contributed by atoms with E-state index >= 15 is 4.39 Å². The van der Waals surface area contributed by atoms with Crippen LogP contribution in [0.15, 0.2) is 59.5 Å². The molecule has 4 N–H and O–H groups in total. The average Bonchev–Trinajstić information content (AvgIpc) is 3.51. The minimum Gasteiger partial charge on any atom is -0.491 e. The van der Waals surface area contributed by atoms with Crippen molar-refractivity contribution in [2.24, 2.45) is 5.73 Å². The average molecular weight is 659 g/mol. The first-order valence-electron chi connectivity index (χ1n) is 14.6. The molecule has 0 radical (unpaired) electrons. The van der Waals surface area contributed by atoms with Crippen LogP contribution < -0.4 is 21.1 Å². The highest BCUT2D eigenvalue weighted by atomic mass is 32.2. The molecular formula is C32H36F2N4O7S. The summed E-state index contributed by atoms with van der Waals surface area (Å²) in [5, 5.41) is 4.60. The number of amides is 3. The Morgan fingerprint density at radius 2 is 1.76 bits per heavy atom. The Hall–Kier alpha value is -4.72. The molecule has 3 amide bonds. The van der Waals surface area contributed by atoms with Crippen molar-refractivity contribution in [2.75, 3.05) is 30.9 Å². The van der Waals surface area contributed by atoms with Crippen LogP contribution in [0.1, 0.15) is 67.2 Å². The first-order valence-corrected chi connectivity index (χ1v) is 16.1. The van der Waals surface area contributed by atoms with E-state index in [4.69, 9.17) is 10.5 Å². The number of hydrogen-bond acceptors (Lipinski definition) is 8. The maximum absolute atomic E-state index is 15.1. The summed E-state index contributed by atoms with van der Waals surface area (Å²) in [6, 6.07) is 9.40. The predicted molar refractivity (Wildman–Crippen MR) is 167 cm³/mol. The van der Waals surface area contributed by atoms with Crippen molar-refractivity contribution in [3.8, 4) is 5.75 Å². The van der Waals surface area contributed by atoms with Crippen molar-refractivity contribution < 1.29 is 41.1 Å². The van der Waals surface area contributed by atoms with Crippen molar-refractivity contribution in [2.45, 2.75) is 55.8 Å². The Morgan fingerprint density at radius 1 is 1.04 bits per heavy atom. The molecular weight excluding hydrogens is 622 g/mol. The van der Waals surface area contributed by atoms with E-state index in [2.05, 4.69) is 15.4 Å². The molecule has 14 heteroatoms. The number of primary amides is 1. The second-order valence-electron chi connectivity index (χ2n) is 10.9. The lowest BCUT2D eigenvalue weighted by Crippen LogP contribution is -2.38. The number of nitrogens with two attached hydrogens (primary N) is 1. The molecule has 4 rings (SSSR count). The predicted octanol–water partition coefficient (Wildman–Crippen LogP) is 5.34. The standard InChI is InChI=1S/C32H36F2N4O7S/c1-5-45-27-16-19(8-12-24(27)34)29(37-25-15-20(30(35)39)9-11-23(25)33)31(40)38-14-6-7-26(38)22-17-21(36-32(41)44-4)10-13-28(22)46(42,43)18(2)3/h8-13,15-18,26,29,37H,5-7,14H2,1-4H3,(H2,35,39)(H,36,41)/t26-,29-/m1/s1. The van der Waals surface area contributed by atoms with E-state index in [1.54, 1.807) is 6.92 Å². The lowest BCUT2D eigenvalue weighted by Gasteiger charge is -2.32. The van der Waals surface area contributed by atoms with Gasteiger partial charge >= 0.3 is 6.09 Å². The molecule has 1 fully saturated rings. The maximum atomic E-state index is 15.1. The fourth-order valence-electron chi connectivity index (χ4n) is 5.29. The monoisotopic (exact) mass is 658 g/mol. The molecule has 3 aromatic rings. The molecule has 246 valence electrons. The molecule has 0 aliphatic carbocycles. The zero-order valence-electron chi connectivity index (χ0n) is 25.8. The number of benzene rings is 3. The van der Waals surface area contributed by atoms with Crippen LogP contribution in [0, 0.1) is 11.6 Å². The van der Waals surface area contributed by atoms with Gasteiger partial charge in [-0.1, -0.05) is 6.07 Å². The van der Waals surface area contributed by atoms with E-state index in [0.717, 1.165) is 12.1 Å². The van der Waals surface area contributed by atoms with E-state index in [1.807, 2.05) is 0 Å². The molecule has 1 aliphatic rings. The summed E-state index contributed by atoms with van der Waals surface area (Å²) in [7, 11) is -2.66. The van der Waals surface area contributed by atoms with Gasteiger partial charge < -0.3 is 25.4 Å². The Bertz CT molecular complexity index is 1750. The number of methoxy groups -OCH3 is 1. The van der Waals surface area contributed by atoms with Gasteiger partial charge in [0, 0.05) is 17.8 Å². The summed E-state index contributed by atoms with van der Waals surface area (Å²) in [6.07, 6.45) is 0.105. The largest absolute Gasteiger partial charge is 0.491 e. The topological polar surface area (TPSA) is 157 Å². The van der Waals surface area contributed by atoms with Crippen LogP contribution in [0.5, 0.6) is 5.75 Å². The molecule has 0 unspecified atom stereocenters. The zero-order chi connectivity index (χ0) is 33.8. The molecule has 0 bridgehead atoms. The minimum atomic E-state index is -3.85. The summed E-state index contributed by atoms with van der Waals surface area (Å²) < 4.78 is 66.7. The molecule has 0 saturated carbocycles. The Labute approximate surface area is 266 Å². The van der Waals surface area contributed by atoms with E-state index in [-0.39, 0.29) is 51.9 Å². The number of halogens is 2. The van der Waals surface area contributed by atoms with Crippen molar-refractivity contribution in [1.82, 2.24) is 4.90 Å². The summed E-state index contributed by atoms with van der Waals surface area (Å²) >= 11 is 0. The number of carbonyl (C=O) groups excluding carboxylic acids is 3. The number of rotatable bonds is 11. The number of nitrogens with one attached hydrogen (secondary N) is 2. The van der Waals surface area contributed by atoms with Crippen molar-refractivity contribution >= 4 is 39.1 Å². The quantitative estimate of drug-likeness (QED) is 0.249. The summed E-state index contributed by atoms with van der Waals surface area (Å²) in [5.41, 5.74) is 5.94. The molecule has 0 aromatic heterocycles. The summed E-state index contributed by atoms with van der Waals surface area (Å²) in [6.45, 7) is 5.09. The number of ether oxygens (including phenoxy) is 2. The molecule has 1 heterocycles. The normalized spacial score (nSPS) is 15.4. The molecule has 1 saturated heterocycles. The van der Waals surface area contributed by atoms with Gasteiger partial charge in [-0.05, 0) is 93.3 Å². The van der Waals surface area contributed by atoms with E-state index < -0.39 is 56.7 Å². The lowest BCUT2D eigenvalue weighted by atomic mass is 10.0. The highest BCUT2D eigenvalue weighted by Gasteiger charge is 2.38. The van der Waals surface area contributed by atoms with Crippen LogP contribution in [0.2, 0.25) is 0 Å². The first-order chi connectivity index (χ1) is 21.8. The fraction of sp³-hybridized carbons (Fsp3) is 0.344. The van der Waals surface area contributed by atoms with Gasteiger partial charge in [-0.15, -0.1) is 0 Å². The number of nitrogens with zero attached hydrogens (tertiary/aromatic N) is 1. The number of carbonyl (C=O) groups is 3. The number of anilines is 2. The van der Waals surface area contributed by atoms with Crippen molar-refractivity contribution in [1.29, 1.82) is 0 Å². The van der Waals surface area contributed by atoms with Gasteiger partial charge in [0.25, 0.3) is 0 Å². The van der Waals surface area contributed by atoms with Gasteiger partial charge in [-0.3, -0.25) is 14.9 Å². The second-order valence-corrected chi connectivity index (χ2v) is 13.4. The number of sulfone groups is 1. The van der Waals surface area contributed by atoms with Crippen LogP contribution in [-0.2, 0) is 19.4 Å². The van der Waals surface area contributed by atoms with Crippen LogP contribution in [0.4, 0.5) is 25.0 Å². The van der Waals surface area contributed by atoms with Crippen molar-refractivity contribution in [3.05, 3.63) is 82.9 Å². The third kappa shape index (κ3) is 7.22. The molecule has 0 spiro atoms. The first kappa shape index (κ1) is 34.2. The van der Waals surface area contributed by atoms with Gasteiger partial charge in [0.2, 0.25) is 11.8 Å². The van der Waals surface area contributed by atoms with E-state index in [9.17, 15) is 27.2 Å². The highest BCUT2D eigenvalue weighted by molar-refractivity contribution is 7.92. The van der Waals surface area contributed by atoms with Gasteiger partial charge in [-0.2, -0.15) is 0 Å². The van der Waals surface area contributed by atoms with Gasteiger partial charge in [0.1, 0.15) is 11.9 Å². The van der Waals surface area contributed by atoms with Crippen LogP contribution in [-0.4, -0.2) is 56.7 Å². The van der Waals surface area contributed by atoms with Gasteiger partial charge in [-0.25, -0.2) is 22.0 Å². The molecule has 1 aliphatic heterocycles. The van der Waals surface area contributed by atoms with Crippen LogP contribution in [0.3, 0.4) is 0 Å². The maximum Gasteiger partial charge on any atom is 0.411 e. The number of likely N-dealkylation sites (tertiary alicyclic amines) is 1. The smallest absolute Gasteiger partial charge is 0.411 e. The molecule has 11 nitrogen and oxygen atoms in total. The Kier molecular flexibility index (Phi) is 10.5. The minimum absolute atomic E-state index is 0.00672. The van der Waals surface area contributed by atoms with Crippen LogP contribution >= 0.6 is 0 Å². The summed E-state index contributed by atoms with van der Waals surface area (Å²) in [5.74, 6) is -2.98. The van der Waals surface area contributed by atoms with Gasteiger partial charge in [0.05, 0.1) is 35.6 Å². The molecule has 3 aromatic carbocycles. The fourth-order valence-corrected chi connectivity index (χ4v) is 6.58. The third-order valence-electron chi connectivity index (χ3n) is 7.65. The third-order valence-corrected chi connectivity index (χ3v) is 9.88. The molecule has 2 atom stereocenters. The lowest BCUT2D eigenvalue weighted by molar-refractivity contribution is -0.133. The highest BCUT2D eigenvalue weighted by Crippen LogP contribution is 2.40. The molecule has 46 heavy (non-hydrogen) atoms. The number of hydrogen-bond donors (Lipinski definition) is 3. The Morgan fingerprint density at radius 3 is 2.41 bits per heavy atom. The SMILES string of the molecule is CCOc1cc([C@@H](Nc2cc(C(N)=O)ccc2F)C(=O)N2CCC[C@@H]2c2cc(NC(=O)OC)ccc2S(=O)(=O)C(C)C)ccc1F. The van der Waals surface area contributed by atoms with Crippen LogP contribution in [0.25, 0.3) is 0 Å². The zero-order valence-corrected chi connectivity index (χ0v) is 26.6. The van der Waals surface area contributed by atoms with E-state index in [1.165, 1.54) is 68.3 Å². The van der Waals surface area contributed by atoms with Gasteiger partial charge in [0.15, 0.2) is 21.4 Å². The van der Waals surface area contributed by atoms with Crippen molar-refractivity contribution in [3.63, 3.8) is 0 Å². The van der Waals surface area contributed by atoms with E-state index in [0.29, 0.717) is 12.8 Å².